The molecule has 0 bridgehead atoms. The van der Waals surface area contributed by atoms with E-state index in [2.05, 4.69) is 24.2 Å². The molecule has 3 nitrogen and oxygen atoms in total. The maximum atomic E-state index is 5.56. The van der Waals surface area contributed by atoms with Crippen molar-refractivity contribution in [3.63, 3.8) is 0 Å². The van der Waals surface area contributed by atoms with Gasteiger partial charge in [-0.25, -0.2) is 0 Å². The van der Waals surface area contributed by atoms with Crippen molar-refractivity contribution in [2.75, 3.05) is 33.4 Å². The molecule has 0 radical (unpaired) electrons. The largest absolute Gasteiger partial charge is 0.381 e. The fourth-order valence-electron chi connectivity index (χ4n) is 2.71. The van der Waals surface area contributed by atoms with Crippen LogP contribution in [0.2, 0.25) is 0 Å². The summed E-state index contributed by atoms with van der Waals surface area (Å²) in [7, 11) is 2.28. The predicted molar refractivity (Wildman–Crippen MR) is 71.3 cm³/mol. The molecule has 1 heterocycles. The summed E-state index contributed by atoms with van der Waals surface area (Å²) in [6, 6.07) is 1.52. The number of rotatable bonds is 7. The first-order valence-corrected chi connectivity index (χ1v) is 7.31. The van der Waals surface area contributed by atoms with Crippen LogP contribution in [0.3, 0.4) is 0 Å². The van der Waals surface area contributed by atoms with Gasteiger partial charge in [0.25, 0.3) is 0 Å². The van der Waals surface area contributed by atoms with E-state index in [1.54, 1.807) is 0 Å². The molecule has 1 N–H and O–H groups in total. The number of nitrogens with zero attached hydrogens (tertiary/aromatic N) is 1. The van der Waals surface area contributed by atoms with Gasteiger partial charge in [0, 0.05) is 31.8 Å². The number of hydrogen-bond donors (Lipinski definition) is 1. The second-order valence-corrected chi connectivity index (χ2v) is 5.77. The second-order valence-electron chi connectivity index (χ2n) is 5.77. The molecule has 2 atom stereocenters. The maximum absolute atomic E-state index is 5.56. The minimum Gasteiger partial charge on any atom is -0.381 e. The minimum atomic E-state index is 0.692. The molecule has 17 heavy (non-hydrogen) atoms. The third-order valence-electron chi connectivity index (χ3n) is 4.11. The molecule has 1 aliphatic carbocycles. The van der Waals surface area contributed by atoms with E-state index in [1.807, 2.05) is 0 Å². The van der Waals surface area contributed by atoms with E-state index >= 15 is 0 Å². The Morgan fingerprint density at radius 1 is 1.35 bits per heavy atom. The normalized spacial score (nSPS) is 27.4. The van der Waals surface area contributed by atoms with Crippen LogP contribution in [0.25, 0.3) is 0 Å². The quantitative estimate of drug-likeness (QED) is 0.735. The van der Waals surface area contributed by atoms with Crippen molar-refractivity contribution in [3.05, 3.63) is 0 Å². The molecule has 3 heteroatoms. The number of hydrogen-bond acceptors (Lipinski definition) is 3. The van der Waals surface area contributed by atoms with Crippen LogP contribution in [0, 0.1) is 5.92 Å². The van der Waals surface area contributed by atoms with Gasteiger partial charge in [-0.2, -0.15) is 0 Å². The third-order valence-corrected chi connectivity index (χ3v) is 4.11. The van der Waals surface area contributed by atoms with E-state index in [0.29, 0.717) is 6.04 Å². The van der Waals surface area contributed by atoms with Gasteiger partial charge in [-0.3, -0.25) is 0 Å². The average molecular weight is 240 g/mol. The second kappa shape index (κ2) is 6.72. The van der Waals surface area contributed by atoms with E-state index in [-0.39, 0.29) is 0 Å². The van der Waals surface area contributed by atoms with Gasteiger partial charge in [0.1, 0.15) is 0 Å². The Kier molecular flexibility index (Phi) is 5.26. The Labute approximate surface area is 106 Å². The molecule has 0 aromatic carbocycles. The van der Waals surface area contributed by atoms with E-state index in [9.17, 15) is 0 Å². The topological polar surface area (TPSA) is 24.5 Å². The van der Waals surface area contributed by atoms with Crippen molar-refractivity contribution in [1.82, 2.24) is 10.2 Å². The number of likely N-dealkylation sites (N-methyl/N-ethyl adjacent to an activating group) is 1. The Balaban J connectivity index is 1.68. The summed E-state index contributed by atoms with van der Waals surface area (Å²) in [5.74, 6) is 0.753. The SMILES string of the molecule is CCC(CNC1CC1)N(C)CC1CCCOC1. The van der Waals surface area contributed by atoms with Crippen LogP contribution in [0.5, 0.6) is 0 Å². The van der Waals surface area contributed by atoms with Gasteiger partial charge >= 0.3 is 0 Å². The lowest BCUT2D eigenvalue weighted by Crippen LogP contribution is -2.43. The smallest absolute Gasteiger partial charge is 0.0506 e. The molecule has 2 unspecified atom stereocenters. The Morgan fingerprint density at radius 3 is 2.76 bits per heavy atom. The standard InChI is InChI=1S/C14H28N2O/c1-3-14(9-15-13-6-7-13)16(2)10-12-5-4-8-17-11-12/h12-15H,3-11H2,1-2H3. The van der Waals surface area contributed by atoms with E-state index < -0.39 is 0 Å². The molecule has 0 spiro atoms. The van der Waals surface area contributed by atoms with Crippen LogP contribution in [-0.2, 0) is 4.74 Å². The lowest BCUT2D eigenvalue weighted by molar-refractivity contribution is 0.0358. The first-order chi connectivity index (χ1) is 8.29. The van der Waals surface area contributed by atoms with Crippen LogP contribution in [-0.4, -0.2) is 50.3 Å². The zero-order valence-corrected chi connectivity index (χ0v) is 11.5. The predicted octanol–water partition coefficient (Wildman–Crippen LogP) is 1.88. The molecule has 1 saturated heterocycles. The average Bonchev–Trinajstić information content (AvgIpc) is 3.15. The molecule has 1 saturated carbocycles. The lowest BCUT2D eigenvalue weighted by Gasteiger charge is -2.32. The zero-order valence-electron chi connectivity index (χ0n) is 11.5. The molecule has 1 aliphatic heterocycles. The van der Waals surface area contributed by atoms with Crippen LogP contribution in [0.1, 0.15) is 39.0 Å². The van der Waals surface area contributed by atoms with Gasteiger partial charge in [0.05, 0.1) is 6.61 Å². The summed E-state index contributed by atoms with van der Waals surface area (Å²) in [4.78, 5) is 2.54. The minimum absolute atomic E-state index is 0.692. The van der Waals surface area contributed by atoms with Crippen molar-refractivity contribution in [2.45, 2.75) is 51.1 Å². The highest BCUT2D eigenvalue weighted by atomic mass is 16.5. The maximum Gasteiger partial charge on any atom is 0.0506 e. The van der Waals surface area contributed by atoms with Gasteiger partial charge in [-0.05, 0) is 45.1 Å². The molecule has 0 aromatic heterocycles. The van der Waals surface area contributed by atoms with E-state index in [4.69, 9.17) is 4.74 Å². The van der Waals surface area contributed by atoms with Crippen molar-refractivity contribution in [1.29, 1.82) is 0 Å². The third kappa shape index (κ3) is 4.57. The summed E-state index contributed by atoms with van der Waals surface area (Å²) in [6.07, 6.45) is 6.60. The van der Waals surface area contributed by atoms with E-state index in [0.717, 1.165) is 31.7 Å². The molecular formula is C14H28N2O. The summed E-state index contributed by atoms with van der Waals surface area (Å²) >= 11 is 0. The number of ether oxygens (including phenoxy) is 1. The van der Waals surface area contributed by atoms with Crippen LogP contribution < -0.4 is 5.32 Å². The van der Waals surface area contributed by atoms with E-state index in [1.165, 1.54) is 38.6 Å². The van der Waals surface area contributed by atoms with Gasteiger partial charge in [0.15, 0.2) is 0 Å². The summed E-state index contributed by atoms with van der Waals surface area (Å²) in [5, 5.41) is 3.65. The van der Waals surface area contributed by atoms with Crippen molar-refractivity contribution in [2.24, 2.45) is 5.92 Å². The Morgan fingerprint density at radius 2 is 2.18 bits per heavy atom. The van der Waals surface area contributed by atoms with Gasteiger partial charge in [-0.15, -0.1) is 0 Å². The fraction of sp³-hybridized carbons (Fsp3) is 1.00. The summed E-state index contributed by atoms with van der Waals surface area (Å²) in [6.45, 7) is 6.60. The van der Waals surface area contributed by atoms with Gasteiger partial charge in [0.2, 0.25) is 0 Å². The summed E-state index contributed by atoms with van der Waals surface area (Å²) < 4.78 is 5.56. The highest BCUT2D eigenvalue weighted by Gasteiger charge is 2.24. The van der Waals surface area contributed by atoms with Gasteiger partial charge in [-0.1, -0.05) is 6.92 Å². The molecule has 0 amide bonds. The molecular weight excluding hydrogens is 212 g/mol. The molecule has 2 fully saturated rings. The van der Waals surface area contributed by atoms with Crippen LogP contribution in [0.4, 0.5) is 0 Å². The Bertz CT molecular complexity index is 212. The Hall–Kier alpha value is -0.120. The summed E-state index contributed by atoms with van der Waals surface area (Å²) in [5.41, 5.74) is 0. The molecule has 2 aliphatic rings. The molecule has 0 aromatic rings. The van der Waals surface area contributed by atoms with Crippen molar-refractivity contribution < 1.29 is 4.74 Å². The first-order valence-electron chi connectivity index (χ1n) is 7.31. The zero-order chi connectivity index (χ0) is 12.1. The first kappa shape index (κ1) is 13.3. The van der Waals surface area contributed by atoms with Gasteiger partial charge < -0.3 is 15.0 Å². The fourth-order valence-corrected chi connectivity index (χ4v) is 2.71. The molecule has 100 valence electrons. The highest BCUT2D eigenvalue weighted by molar-refractivity contribution is 4.83. The highest BCUT2D eigenvalue weighted by Crippen LogP contribution is 2.20. The van der Waals surface area contributed by atoms with Crippen LogP contribution >= 0.6 is 0 Å². The van der Waals surface area contributed by atoms with Crippen molar-refractivity contribution >= 4 is 0 Å². The number of nitrogens with one attached hydrogen (secondary N) is 1. The monoisotopic (exact) mass is 240 g/mol. The van der Waals surface area contributed by atoms with Crippen LogP contribution in [0.15, 0.2) is 0 Å². The lowest BCUT2D eigenvalue weighted by atomic mass is 10.0. The molecule has 2 rings (SSSR count). The van der Waals surface area contributed by atoms with Crippen molar-refractivity contribution in [3.8, 4) is 0 Å².